The van der Waals surface area contributed by atoms with Crippen molar-refractivity contribution in [2.45, 2.75) is 5.33 Å². The van der Waals surface area contributed by atoms with E-state index in [0.29, 0.717) is 15.9 Å². The number of halogens is 3. The highest BCUT2D eigenvalue weighted by Crippen LogP contribution is 2.24. The van der Waals surface area contributed by atoms with E-state index in [1.54, 1.807) is 6.07 Å². The largest absolute Gasteiger partial charge is 0.206 e. The molecule has 0 aliphatic heterocycles. The molecule has 1 aromatic rings. The molecule has 1 rings (SSSR count). The third kappa shape index (κ3) is 1.60. The minimum absolute atomic E-state index is 0.0133. The van der Waals surface area contributed by atoms with E-state index >= 15 is 0 Å². The van der Waals surface area contributed by atoms with Crippen molar-refractivity contribution in [3.63, 3.8) is 0 Å². The number of hydrogen-bond acceptors (Lipinski definition) is 1. The molecule has 0 N–H and O–H groups in total. The van der Waals surface area contributed by atoms with Crippen LogP contribution in [0.1, 0.15) is 11.1 Å². The molecule has 0 aliphatic carbocycles. The molecule has 1 nitrogen and oxygen atoms in total. The monoisotopic (exact) mass is 247 g/mol. The lowest BCUT2D eigenvalue weighted by atomic mass is 10.1. The van der Waals surface area contributed by atoms with Crippen molar-refractivity contribution in [1.29, 1.82) is 5.26 Å². The van der Waals surface area contributed by atoms with Gasteiger partial charge in [-0.2, -0.15) is 5.26 Å². The van der Waals surface area contributed by atoms with Gasteiger partial charge >= 0.3 is 0 Å². The quantitative estimate of drug-likeness (QED) is 0.700. The van der Waals surface area contributed by atoms with Gasteiger partial charge in [0.05, 0.1) is 5.56 Å². The minimum atomic E-state index is -0.531. The molecule has 0 heterocycles. The van der Waals surface area contributed by atoms with E-state index < -0.39 is 5.82 Å². The van der Waals surface area contributed by atoms with Crippen LogP contribution in [0.2, 0.25) is 5.02 Å². The summed E-state index contributed by atoms with van der Waals surface area (Å²) in [5.74, 6) is -0.531. The van der Waals surface area contributed by atoms with Crippen LogP contribution < -0.4 is 0 Å². The van der Waals surface area contributed by atoms with Crippen molar-refractivity contribution in [1.82, 2.24) is 0 Å². The molecule has 62 valence electrons. The lowest BCUT2D eigenvalue weighted by Gasteiger charge is -2.02. The Morgan fingerprint density at radius 2 is 2.25 bits per heavy atom. The van der Waals surface area contributed by atoms with Crippen LogP contribution in [0.3, 0.4) is 0 Å². The Kier molecular flexibility index (Phi) is 3.07. The molecule has 0 unspecified atom stereocenters. The summed E-state index contributed by atoms with van der Waals surface area (Å²) in [6, 6.07) is 4.39. The molecule has 0 amide bonds. The van der Waals surface area contributed by atoms with Gasteiger partial charge in [-0.25, -0.2) is 4.39 Å². The smallest absolute Gasteiger partial charge is 0.141 e. The second-order valence-electron chi connectivity index (χ2n) is 2.13. The zero-order valence-corrected chi connectivity index (χ0v) is 8.28. The zero-order valence-electron chi connectivity index (χ0n) is 5.94. The molecular weight excluding hydrogens is 244 g/mol. The summed E-state index contributed by atoms with van der Waals surface area (Å²) in [4.78, 5) is 0. The van der Waals surface area contributed by atoms with E-state index in [9.17, 15) is 4.39 Å². The Balaban J connectivity index is 3.41. The number of rotatable bonds is 1. The van der Waals surface area contributed by atoms with Crippen LogP contribution in [0.4, 0.5) is 4.39 Å². The molecule has 4 heteroatoms. The number of nitriles is 1. The highest BCUT2D eigenvalue weighted by atomic mass is 79.9. The van der Waals surface area contributed by atoms with Crippen LogP contribution in [0.25, 0.3) is 0 Å². The fourth-order valence-electron chi connectivity index (χ4n) is 0.845. The van der Waals surface area contributed by atoms with Gasteiger partial charge in [-0.3, -0.25) is 0 Å². The van der Waals surface area contributed by atoms with Crippen LogP contribution in [-0.2, 0) is 5.33 Å². The first kappa shape index (κ1) is 9.50. The van der Waals surface area contributed by atoms with Crippen molar-refractivity contribution in [3.05, 3.63) is 34.1 Å². The first-order chi connectivity index (χ1) is 5.70. The molecule has 1 aromatic carbocycles. The molecular formula is C8H4BrClFN. The molecule has 0 atom stereocenters. The number of hydrogen-bond donors (Lipinski definition) is 0. The minimum Gasteiger partial charge on any atom is -0.206 e. The topological polar surface area (TPSA) is 23.8 Å². The molecule has 0 aromatic heterocycles. The normalized spacial score (nSPS) is 9.50. The van der Waals surface area contributed by atoms with Gasteiger partial charge in [-0.15, -0.1) is 0 Å². The van der Waals surface area contributed by atoms with Crippen molar-refractivity contribution >= 4 is 27.5 Å². The third-order valence-electron chi connectivity index (χ3n) is 1.45. The molecule has 0 bridgehead atoms. The molecule has 0 saturated heterocycles. The molecule has 12 heavy (non-hydrogen) atoms. The SMILES string of the molecule is N#Cc1c(F)ccc(Cl)c1CBr. The van der Waals surface area contributed by atoms with Crippen molar-refractivity contribution in [3.8, 4) is 6.07 Å². The molecule has 0 spiro atoms. The summed E-state index contributed by atoms with van der Waals surface area (Å²) in [6.07, 6.45) is 0. The van der Waals surface area contributed by atoms with E-state index in [-0.39, 0.29) is 5.56 Å². The van der Waals surface area contributed by atoms with Crippen LogP contribution in [0, 0.1) is 17.1 Å². The highest BCUT2D eigenvalue weighted by molar-refractivity contribution is 9.08. The summed E-state index contributed by atoms with van der Waals surface area (Å²) in [5, 5.41) is 9.37. The Hall–Kier alpha value is -0.590. The Labute approximate surface area is 82.9 Å². The van der Waals surface area contributed by atoms with Gasteiger partial charge < -0.3 is 0 Å². The fraction of sp³-hybridized carbons (Fsp3) is 0.125. The summed E-state index contributed by atoms with van der Waals surface area (Å²) < 4.78 is 12.9. The van der Waals surface area contributed by atoms with Crippen LogP contribution in [0.15, 0.2) is 12.1 Å². The first-order valence-corrected chi connectivity index (χ1v) is 4.63. The average Bonchev–Trinajstić information content (AvgIpc) is 2.08. The summed E-state index contributed by atoms with van der Waals surface area (Å²) >= 11 is 8.86. The van der Waals surface area contributed by atoms with E-state index in [4.69, 9.17) is 16.9 Å². The first-order valence-electron chi connectivity index (χ1n) is 3.13. The summed E-state index contributed by atoms with van der Waals surface area (Å²) in [7, 11) is 0. The van der Waals surface area contributed by atoms with Gasteiger partial charge in [0.25, 0.3) is 0 Å². The van der Waals surface area contributed by atoms with Crippen molar-refractivity contribution in [2.24, 2.45) is 0 Å². The summed E-state index contributed by atoms with van der Waals surface area (Å²) in [6.45, 7) is 0. The van der Waals surface area contributed by atoms with Crippen LogP contribution in [-0.4, -0.2) is 0 Å². The molecule has 0 fully saturated rings. The Morgan fingerprint density at radius 1 is 1.58 bits per heavy atom. The van der Waals surface area contributed by atoms with Crippen LogP contribution in [0.5, 0.6) is 0 Å². The predicted octanol–water partition coefficient (Wildman–Crippen LogP) is 3.25. The summed E-state index contributed by atoms with van der Waals surface area (Å²) in [5.41, 5.74) is 0.513. The number of alkyl halides is 1. The Morgan fingerprint density at radius 3 is 2.67 bits per heavy atom. The van der Waals surface area contributed by atoms with E-state index in [1.165, 1.54) is 12.1 Å². The van der Waals surface area contributed by atoms with Gasteiger partial charge in [0.15, 0.2) is 0 Å². The van der Waals surface area contributed by atoms with Gasteiger partial charge in [0, 0.05) is 15.9 Å². The maximum absolute atomic E-state index is 12.9. The maximum Gasteiger partial charge on any atom is 0.141 e. The maximum atomic E-state index is 12.9. The zero-order chi connectivity index (χ0) is 9.14. The van der Waals surface area contributed by atoms with Gasteiger partial charge in [-0.1, -0.05) is 27.5 Å². The third-order valence-corrected chi connectivity index (χ3v) is 2.37. The Bertz CT molecular complexity index is 346. The number of benzene rings is 1. The van der Waals surface area contributed by atoms with E-state index in [2.05, 4.69) is 15.9 Å². The van der Waals surface area contributed by atoms with Gasteiger partial charge in [0.2, 0.25) is 0 Å². The highest BCUT2D eigenvalue weighted by Gasteiger charge is 2.10. The van der Waals surface area contributed by atoms with E-state index in [0.717, 1.165) is 0 Å². The van der Waals surface area contributed by atoms with Crippen molar-refractivity contribution in [2.75, 3.05) is 0 Å². The second kappa shape index (κ2) is 3.88. The lowest BCUT2D eigenvalue weighted by Crippen LogP contribution is -1.91. The lowest BCUT2D eigenvalue weighted by molar-refractivity contribution is 0.622. The van der Waals surface area contributed by atoms with Gasteiger partial charge in [0.1, 0.15) is 11.9 Å². The molecule has 0 saturated carbocycles. The fourth-order valence-corrected chi connectivity index (χ4v) is 1.81. The van der Waals surface area contributed by atoms with Crippen LogP contribution >= 0.6 is 27.5 Å². The van der Waals surface area contributed by atoms with Crippen molar-refractivity contribution < 1.29 is 4.39 Å². The average molecular weight is 248 g/mol. The number of nitrogens with zero attached hydrogens (tertiary/aromatic N) is 1. The van der Waals surface area contributed by atoms with E-state index in [1.807, 2.05) is 0 Å². The second-order valence-corrected chi connectivity index (χ2v) is 3.10. The molecule has 0 aliphatic rings. The van der Waals surface area contributed by atoms with Gasteiger partial charge in [-0.05, 0) is 12.1 Å². The molecule has 0 radical (unpaired) electrons. The standard InChI is InChI=1S/C8H4BrClFN/c9-3-5-6(4-12)8(11)2-1-7(5)10/h1-2H,3H2. The predicted molar refractivity (Wildman–Crippen MR) is 48.8 cm³/mol.